The Bertz CT molecular complexity index is 1020. The van der Waals surface area contributed by atoms with Crippen LogP contribution in [0.4, 0.5) is 4.39 Å². The quantitative estimate of drug-likeness (QED) is 0.683. The second-order valence-corrected chi connectivity index (χ2v) is 6.58. The molecule has 8 heteroatoms. The minimum atomic E-state index is -0.732. The number of pyridine rings is 1. The van der Waals surface area contributed by atoms with Crippen molar-refractivity contribution in [2.45, 2.75) is 25.9 Å². The third-order valence-corrected chi connectivity index (χ3v) is 4.34. The molecular formula is C22H21FN4O3. The van der Waals surface area contributed by atoms with E-state index >= 15 is 0 Å². The summed E-state index contributed by atoms with van der Waals surface area (Å²) < 4.78 is 13.1. The van der Waals surface area contributed by atoms with Gasteiger partial charge in [0.05, 0.1) is 0 Å². The first kappa shape index (κ1) is 20.9. The summed E-state index contributed by atoms with van der Waals surface area (Å²) in [6.07, 6.45) is 9.34. The first-order valence-electron chi connectivity index (χ1n) is 9.40. The number of aliphatic imine (C=N–C) groups is 1. The molecule has 7 nitrogen and oxygen atoms in total. The van der Waals surface area contributed by atoms with Gasteiger partial charge >= 0.3 is 0 Å². The maximum atomic E-state index is 13.1. The fourth-order valence-corrected chi connectivity index (χ4v) is 2.73. The number of hydrogen-bond donors (Lipinski definition) is 3. The fraction of sp³-hybridized carbons (Fsp3) is 0.182. The molecule has 154 valence electrons. The first-order valence-corrected chi connectivity index (χ1v) is 9.40. The number of rotatable bonds is 6. The Morgan fingerprint density at radius 1 is 1.00 bits per heavy atom. The number of aromatic hydroxyl groups is 1. The number of carbonyl (C=O) groups is 2. The van der Waals surface area contributed by atoms with E-state index in [2.05, 4.69) is 20.6 Å². The van der Waals surface area contributed by atoms with Crippen molar-refractivity contribution in [2.24, 2.45) is 4.99 Å². The topological polar surface area (TPSA) is 104 Å². The SMILES string of the molecule is O=C(NCc1ccc(F)c(O)c1)/C1=C/C(C(=O)NCc2ccncc2)=C\CCC=N1. The largest absolute Gasteiger partial charge is 0.505 e. The van der Waals surface area contributed by atoms with Crippen molar-refractivity contribution < 1.29 is 19.1 Å². The molecule has 0 spiro atoms. The molecule has 3 N–H and O–H groups in total. The molecule has 30 heavy (non-hydrogen) atoms. The number of allylic oxidation sites excluding steroid dienone is 1. The Morgan fingerprint density at radius 2 is 1.73 bits per heavy atom. The van der Waals surface area contributed by atoms with E-state index in [9.17, 15) is 19.1 Å². The summed E-state index contributed by atoms with van der Waals surface area (Å²) in [6.45, 7) is 0.415. The van der Waals surface area contributed by atoms with E-state index in [1.807, 2.05) is 0 Å². The Hall–Kier alpha value is -3.81. The van der Waals surface area contributed by atoms with Crippen molar-refractivity contribution >= 4 is 18.0 Å². The molecule has 1 aromatic heterocycles. The zero-order chi connectivity index (χ0) is 21.3. The second-order valence-electron chi connectivity index (χ2n) is 6.58. The van der Waals surface area contributed by atoms with Crippen LogP contribution < -0.4 is 10.6 Å². The van der Waals surface area contributed by atoms with Gasteiger partial charge < -0.3 is 15.7 Å². The van der Waals surface area contributed by atoms with Gasteiger partial charge in [0.2, 0.25) is 0 Å². The van der Waals surface area contributed by atoms with Gasteiger partial charge in [-0.25, -0.2) is 4.39 Å². The van der Waals surface area contributed by atoms with Crippen LogP contribution in [-0.2, 0) is 22.7 Å². The van der Waals surface area contributed by atoms with E-state index in [1.54, 1.807) is 36.8 Å². The van der Waals surface area contributed by atoms with Gasteiger partial charge in [0, 0.05) is 37.3 Å². The lowest BCUT2D eigenvalue weighted by molar-refractivity contribution is -0.117. The van der Waals surface area contributed by atoms with Crippen LogP contribution in [0.25, 0.3) is 0 Å². The lowest BCUT2D eigenvalue weighted by atomic mass is 10.1. The highest BCUT2D eigenvalue weighted by Gasteiger charge is 2.14. The van der Waals surface area contributed by atoms with Gasteiger partial charge in [-0.05, 0) is 54.3 Å². The maximum Gasteiger partial charge on any atom is 0.270 e. The van der Waals surface area contributed by atoms with Crippen LogP contribution in [0.15, 0.2) is 71.1 Å². The highest BCUT2D eigenvalue weighted by molar-refractivity contribution is 6.01. The first-order chi connectivity index (χ1) is 14.5. The van der Waals surface area contributed by atoms with Gasteiger partial charge in [0.1, 0.15) is 5.70 Å². The molecule has 3 rings (SSSR count). The van der Waals surface area contributed by atoms with Crippen LogP contribution in [0.1, 0.15) is 24.0 Å². The number of nitrogens with zero attached hydrogens (tertiary/aromatic N) is 2. The molecule has 0 saturated carbocycles. The Balaban J connectivity index is 1.66. The van der Waals surface area contributed by atoms with Crippen molar-refractivity contribution in [3.8, 4) is 5.75 Å². The number of aromatic nitrogens is 1. The van der Waals surface area contributed by atoms with Crippen molar-refractivity contribution in [1.29, 1.82) is 0 Å². The van der Waals surface area contributed by atoms with Crippen molar-refractivity contribution in [1.82, 2.24) is 15.6 Å². The van der Waals surface area contributed by atoms with Gasteiger partial charge in [0.25, 0.3) is 11.8 Å². The number of phenolic OH excluding ortho intramolecular Hbond substituents is 1. The van der Waals surface area contributed by atoms with E-state index in [1.165, 1.54) is 18.2 Å². The molecule has 0 saturated heterocycles. The zero-order valence-corrected chi connectivity index (χ0v) is 16.1. The third-order valence-electron chi connectivity index (χ3n) is 4.34. The number of nitrogens with one attached hydrogen (secondary N) is 2. The smallest absolute Gasteiger partial charge is 0.270 e. The highest BCUT2D eigenvalue weighted by Crippen LogP contribution is 2.17. The third kappa shape index (κ3) is 5.84. The highest BCUT2D eigenvalue weighted by atomic mass is 19.1. The maximum absolute atomic E-state index is 13.1. The summed E-state index contributed by atoms with van der Waals surface area (Å²) in [5.74, 6) is -2.01. The molecule has 0 radical (unpaired) electrons. The zero-order valence-electron chi connectivity index (χ0n) is 16.1. The van der Waals surface area contributed by atoms with Crippen LogP contribution in [0.3, 0.4) is 0 Å². The summed E-state index contributed by atoms with van der Waals surface area (Å²) in [5.41, 5.74) is 1.88. The molecule has 2 aromatic rings. The van der Waals surface area contributed by atoms with E-state index in [4.69, 9.17) is 0 Å². The van der Waals surface area contributed by atoms with E-state index < -0.39 is 17.5 Å². The van der Waals surface area contributed by atoms with Crippen LogP contribution in [0, 0.1) is 5.82 Å². The number of hydrogen-bond acceptors (Lipinski definition) is 5. The van der Waals surface area contributed by atoms with E-state index in [-0.39, 0.29) is 18.1 Å². The normalized spacial score (nSPS) is 17.0. The van der Waals surface area contributed by atoms with Crippen LogP contribution in [0.2, 0.25) is 0 Å². The lowest BCUT2D eigenvalue weighted by Crippen LogP contribution is -2.27. The monoisotopic (exact) mass is 408 g/mol. The average Bonchev–Trinajstić information content (AvgIpc) is 2.73. The summed E-state index contributed by atoms with van der Waals surface area (Å²) >= 11 is 0. The minimum Gasteiger partial charge on any atom is -0.505 e. The van der Waals surface area contributed by atoms with Gasteiger partial charge in [0.15, 0.2) is 11.6 Å². The molecule has 1 aliphatic heterocycles. The number of phenols is 1. The van der Waals surface area contributed by atoms with Crippen molar-refractivity contribution in [3.63, 3.8) is 0 Å². The molecule has 0 unspecified atom stereocenters. The number of halogens is 1. The summed E-state index contributed by atoms with van der Waals surface area (Å²) in [6, 6.07) is 7.43. The van der Waals surface area contributed by atoms with Crippen LogP contribution in [-0.4, -0.2) is 28.1 Å². The van der Waals surface area contributed by atoms with Gasteiger partial charge in [-0.2, -0.15) is 0 Å². The minimum absolute atomic E-state index is 0.0762. The molecule has 0 atom stereocenters. The number of carbonyl (C=O) groups excluding carboxylic acids is 2. The predicted octanol–water partition coefficient (Wildman–Crippen LogP) is 2.53. The molecule has 2 amide bonds. The second kappa shape index (κ2) is 10.1. The fourth-order valence-electron chi connectivity index (χ4n) is 2.73. The van der Waals surface area contributed by atoms with Gasteiger partial charge in [-0.15, -0.1) is 0 Å². The van der Waals surface area contributed by atoms with Crippen LogP contribution >= 0.6 is 0 Å². The van der Waals surface area contributed by atoms with E-state index in [0.717, 1.165) is 11.6 Å². The summed E-state index contributed by atoms with van der Waals surface area (Å²) in [5, 5.41) is 14.9. The Kier molecular flexibility index (Phi) is 7.05. The molecule has 1 aliphatic rings. The number of benzene rings is 1. The Labute approximate surface area is 173 Å². The van der Waals surface area contributed by atoms with Gasteiger partial charge in [-0.3, -0.25) is 19.6 Å². The number of amides is 2. The van der Waals surface area contributed by atoms with Crippen LogP contribution in [0.5, 0.6) is 5.75 Å². The standard InChI is InChI=1S/C22H21FN4O3/c23-18-5-4-16(11-20(18)28)14-27-22(30)19-12-17(3-1-2-8-25-19)21(29)26-13-15-6-9-24-10-7-15/h3-12,28H,1-2,13-14H2,(H,26,29)(H,27,30)/b17-3+,19-12-,25-8?. The summed E-state index contributed by atoms with van der Waals surface area (Å²) in [4.78, 5) is 33.2. The molecule has 0 aliphatic carbocycles. The van der Waals surface area contributed by atoms with Crippen molar-refractivity contribution in [3.05, 3.63) is 83.1 Å². The van der Waals surface area contributed by atoms with Crippen molar-refractivity contribution in [2.75, 3.05) is 0 Å². The van der Waals surface area contributed by atoms with Gasteiger partial charge in [-0.1, -0.05) is 12.1 Å². The summed E-state index contributed by atoms with van der Waals surface area (Å²) in [7, 11) is 0. The van der Waals surface area contributed by atoms with E-state index in [0.29, 0.717) is 30.5 Å². The lowest BCUT2D eigenvalue weighted by Gasteiger charge is -2.10. The molecule has 1 aromatic carbocycles. The molecular weight excluding hydrogens is 387 g/mol. The average molecular weight is 408 g/mol. The molecule has 0 bridgehead atoms. The molecule has 2 heterocycles. The Morgan fingerprint density at radius 3 is 2.50 bits per heavy atom. The molecule has 0 fully saturated rings. The predicted molar refractivity (Wildman–Crippen MR) is 110 cm³/mol.